The van der Waals surface area contributed by atoms with Crippen molar-refractivity contribution in [2.24, 2.45) is 11.3 Å². The summed E-state index contributed by atoms with van der Waals surface area (Å²) in [5.41, 5.74) is 0.102. The maximum absolute atomic E-state index is 12.8. The van der Waals surface area contributed by atoms with Gasteiger partial charge >= 0.3 is 0 Å². The first-order valence-corrected chi connectivity index (χ1v) is 12.2. The van der Waals surface area contributed by atoms with Gasteiger partial charge in [0.25, 0.3) is 0 Å². The fourth-order valence-electron chi connectivity index (χ4n) is 4.06. The largest absolute Gasteiger partial charge is 0.341 e. The molecule has 0 aliphatic carbocycles. The van der Waals surface area contributed by atoms with Gasteiger partial charge in [0.05, 0.1) is 10.8 Å². The maximum Gasteiger partial charge on any atom is 0.243 e. The molecule has 1 aromatic carbocycles. The normalized spacial score (nSPS) is 21.3. The van der Waals surface area contributed by atoms with Crippen molar-refractivity contribution in [3.63, 3.8) is 0 Å². The zero-order chi connectivity index (χ0) is 21.9. The van der Waals surface area contributed by atoms with Crippen molar-refractivity contribution in [3.05, 3.63) is 24.3 Å². The molecule has 2 aliphatic heterocycles. The molecule has 1 aromatic rings. The second-order valence-electron chi connectivity index (χ2n) is 9.32. The molecule has 2 fully saturated rings. The van der Waals surface area contributed by atoms with Crippen molar-refractivity contribution in [1.82, 2.24) is 9.21 Å². The monoisotopic (exact) mass is 435 g/mol. The first-order chi connectivity index (χ1) is 14.1. The van der Waals surface area contributed by atoms with Gasteiger partial charge in [-0.2, -0.15) is 4.31 Å². The van der Waals surface area contributed by atoms with Crippen LogP contribution in [-0.2, 0) is 19.6 Å². The fraction of sp³-hybridized carbons (Fsp3) is 0.636. The Bertz CT molecular complexity index is 869. The summed E-state index contributed by atoms with van der Waals surface area (Å²) in [4.78, 5) is 27.3. The number of benzene rings is 1. The van der Waals surface area contributed by atoms with Crippen molar-refractivity contribution in [1.29, 1.82) is 0 Å². The van der Waals surface area contributed by atoms with Gasteiger partial charge in [0.1, 0.15) is 0 Å². The van der Waals surface area contributed by atoms with E-state index >= 15 is 0 Å². The van der Waals surface area contributed by atoms with E-state index in [0.717, 1.165) is 32.1 Å². The lowest BCUT2D eigenvalue weighted by Crippen LogP contribution is -2.47. The Kier molecular flexibility index (Phi) is 6.87. The molecule has 30 heavy (non-hydrogen) atoms. The van der Waals surface area contributed by atoms with E-state index in [1.807, 2.05) is 20.8 Å². The highest BCUT2D eigenvalue weighted by molar-refractivity contribution is 7.89. The molecule has 8 heteroatoms. The molecule has 3 rings (SSSR count). The standard InChI is InChI=1S/C22H33N3O4S/c1-22(2,3)21(27)24-13-7-8-17(16-24)20(26)23-18-9-11-19(12-10-18)30(28,29)25-14-5-4-6-15-25/h9-12,17H,4-8,13-16H2,1-3H3,(H,23,26). The van der Waals surface area contributed by atoms with E-state index in [-0.39, 0.29) is 22.6 Å². The Labute approximate surface area is 179 Å². The number of sulfonamides is 1. The highest BCUT2D eigenvalue weighted by Gasteiger charge is 2.33. The zero-order valence-electron chi connectivity index (χ0n) is 18.2. The first kappa shape index (κ1) is 22.7. The quantitative estimate of drug-likeness (QED) is 0.787. The molecule has 0 bridgehead atoms. The molecule has 2 heterocycles. The minimum absolute atomic E-state index is 0.0623. The van der Waals surface area contributed by atoms with Crippen LogP contribution < -0.4 is 5.32 Å². The van der Waals surface area contributed by atoms with Crippen molar-refractivity contribution in [2.45, 2.75) is 57.8 Å². The number of carbonyl (C=O) groups excluding carboxylic acids is 2. The van der Waals surface area contributed by atoms with Gasteiger partial charge < -0.3 is 10.2 Å². The number of carbonyl (C=O) groups is 2. The van der Waals surface area contributed by atoms with Crippen LogP contribution in [0.4, 0.5) is 5.69 Å². The number of hydrogen-bond acceptors (Lipinski definition) is 4. The average molecular weight is 436 g/mol. The summed E-state index contributed by atoms with van der Waals surface area (Å²) in [6.07, 6.45) is 4.39. The number of nitrogens with one attached hydrogen (secondary N) is 1. The number of likely N-dealkylation sites (tertiary alicyclic amines) is 1. The molecular weight excluding hydrogens is 402 g/mol. The van der Waals surface area contributed by atoms with Crippen LogP contribution in [0.3, 0.4) is 0 Å². The molecule has 0 aromatic heterocycles. The Balaban J connectivity index is 1.62. The van der Waals surface area contributed by atoms with Crippen LogP contribution in [0.15, 0.2) is 29.2 Å². The Morgan fingerprint density at radius 3 is 2.20 bits per heavy atom. The molecule has 1 N–H and O–H groups in total. The third kappa shape index (κ3) is 5.21. The predicted octanol–water partition coefficient (Wildman–Crippen LogP) is 3.08. The number of amides is 2. The van der Waals surface area contributed by atoms with Gasteiger partial charge in [0, 0.05) is 37.3 Å². The molecular formula is C22H33N3O4S. The van der Waals surface area contributed by atoms with Crippen LogP contribution >= 0.6 is 0 Å². The lowest BCUT2D eigenvalue weighted by molar-refractivity contribution is -0.142. The van der Waals surface area contributed by atoms with Gasteiger partial charge in [-0.05, 0) is 49.9 Å². The molecule has 0 radical (unpaired) electrons. The number of anilines is 1. The summed E-state index contributed by atoms with van der Waals surface area (Å²) < 4.78 is 27.0. The van der Waals surface area contributed by atoms with Crippen LogP contribution in [0.1, 0.15) is 52.9 Å². The number of rotatable bonds is 4. The molecule has 7 nitrogen and oxygen atoms in total. The fourth-order valence-corrected chi connectivity index (χ4v) is 5.58. The van der Waals surface area contributed by atoms with Gasteiger partial charge in [-0.15, -0.1) is 0 Å². The minimum atomic E-state index is -3.48. The summed E-state index contributed by atoms with van der Waals surface area (Å²) in [6.45, 7) is 7.89. The van der Waals surface area contributed by atoms with Crippen LogP contribution in [0.2, 0.25) is 0 Å². The van der Waals surface area contributed by atoms with Crippen molar-refractivity contribution in [3.8, 4) is 0 Å². The SMILES string of the molecule is CC(C)(C)C(=O)N1CCCC(C(=O)Nc2ccc(S(=O)(=O)N3CCCCC3)cc2)C1. The second kappa shape index (κ2) is 9.06. The summed E-state index contributed by atoms with van der Waals surface area (Å²) in [5.74, 6) is -0.331. The average Bonchev–Trinajstić information content (AvgIpc) is 2.73. The van der Waals surface area contributed by atoms with Gasteiger partial charge in [0.2, 0.25) is 21.8 Å². The smallest absolute Gasteiger partial charge is 0.243 e. The van der Waals surface area contributed by atoms with E-state index in [4.69, 9.17) is 0 Å². The highest BCUT2D eigenvalue weighted by Crippen LogP contribution is 2.25. The van der Waals surface area contributed by atoms with Crippen molar-refractivity contribution < 1.29 is 18.0 Å². The molecule has 0 saturated carbocycles. The maximum atomic E-state index is 12.8. The van der Waals surface area contributed by atoms with E-state index in [0.29, 0.717) is 31.9 Å². The minimum Gasteiger partial charge on any atom is -0.341 e. The van der Waals surface area contributed by atoms with Crippen LogP contribution in [-0.4, -0.2) is 55.6 Å². The highest BCUT2D eigenvalue weighted by atomic mass is 32.2. The van der Waals surface area contributed by atoms with Crippen molar-refractivity contribution in [2.75, 3.05) is 31.5 Å². The lowest BCUT2D eigenvalue weighted by Gasteiger charge is -2.35. The Hall–Kier alpha value is -1.93. The van der Waals surface area contributed by atoms with Crippen LogP contribution in [0, 0.1) is 11.3 Å². The molecule has 2 saturated heterocycles. The van der Waals surface area contributed by atoms with E-state index in [1.165, 1.54) is 4.31 Å². The van der Waals surface area contributed by atoms with Gasteiger partial charge in [-0.25, -0.2) is 8.42 Å². The number of hydrogen-bond donors (Lipinski definition) is 1. The van der Waals surface area contributed by atoms with Gasteiger partial charge in [-0.1, -0.05) is 27.2 Å². The van der Waals surface area contributed by atoms with E-state index in [1.54, 1.807) is 29.2 Å². The first-order valence-electron chi connectivity index (χ1n) is 10.8. The third-order valence-electron chi connectivity index (χ3n) is 5.80. The van der Waals surface area contributed by atoms with E-state index in [9.17, 15) is 18.0 Å². The molecule has 2 amide bonds. The van der Waals surface area contributed by atoms with E-state index in [2.05, 4.69) is 5.32 Å². The number of piperidine rings is 2. The van der Waals surface area contributed by atoms with Gasteiger partial charge in [-0.3, -0.25) is 9.59 Å². The zero-order valence-corrected chi connectivity index (χ0v) is 19.0. The summed E-state index contributed by atoms with van der Waals surface area (Å²) in [6, 6.07) is 6.37. The Morgan fingerprint density at radius 1 is 0.967 bits per heavy atom. The van der Waals surface area contributed by atoms with Crippen LogP contribution in [0.25, 0.3) is 0 Å². The molecule has 166 valence electrons. The topological polar surface area (TPSA) is 86.8 Å². The molecule has 2 aliphatic rings. The summed E-state index contributed by atoms with van der Waals surface area (Å²) >= 11 is 0. The van der Waals surface area contributed by atoms with Crippen LogP contribution in [0.5, 0.6) is 0 Å². The van der Waals surface area contributed by atoms with Gasteiger partial charge in [0.15, 0.2) is 0 Å². The van der Waals surface area contributed by atoms with E-state index < -0.39 is 15.4 Å². The van der Waals surface area contributed by atoms with Crippen molar-refractivity contribution >= 4 is 27.5 Å². The molecule has 0 spiro atoms. The lowest BCUT2D eigenvalue weighted by atomic mass is 9.91. The predicted molar refractivity (Wildman–Crippen MR) is 116 cm³/mol. The second-order valence-corrected chi connectivity index (χ2v) is 11.3. The molecule has 1 unspecified atom stereocenters. The summed E-state index contributed by atoms with van der Waals surface area (Å²) in [5, 5.41) is 2.88. The third-order valence-corrected chi connectivity index (χ3v) is 7.71. The number of nitrogens with zero attached hydrogens (tertiary/aromatic N) is 2. The Morgan fingerprint density at radius 2 is 1.60 bits per heavy atom. The molecule has 1 atom stereocenters. The summed E-state index contributed by atoms with van der Waals surface area (Å²) in [7, 11) is -3.48.